The summed E-state index contributed by atoms with van der Waals surface area (Å²) in [4.78, 5) is 0. The highest BCUT2D eigenvalue weighted by atomic mass is 19.1. The molecule has 0 atom stereocenters. The summed E-state index contributed by atoms with van der Waals surface area (Å²) < 4.78 is 18.2. The Morgan fingerprint density at radius 2 is 2.10 bits per heavy atom. The van der Waals surface area contributed by atoms with Crippen molar-refractivity contribution in [1.82, 2.24) is 0 Å². The Bertz CT molecular complexity index is 541. The van der Waals surface area contributed by atoms with Crippen molar-refractivity contribution in [2.75, 3.05) is 30.9 Å². The first-order valence-corrected chi connectivity index (χ1v) is 6.00. The molecular formula is C14H15FN4O. The number of halogens is 1. The Morgan fingerprint density at radius 1 is 1.35 bits per heavy atom. The lowest BCUT2D eigenvalue weighted by atomic mass is 10.2. The van der Waals surface area contributed by atoms with Crippen LogP contribution in [0.15, 0.2) is 30.0 Å². The van der Waals surface area contributed by atoms with E-state index in [2.05, 4.69) is 10.6 Å². The number of rotatable bonds is 7. The summed E-state index contributed by atoms with van der Waals surface area (Å²) in [5.41, 5.74) is 1.07. The average molecular weight is 274 g/mol. The number of anilines is 2. The Labute approximate surface area is 117 Å². The summed E-state index contributed by atoms with van der Waals surface area (Å²) in [5, 5.41) is 23.2. The molecule has 0 aliphatic heterocycles. The van der Waals surface area contributed by atoms with E-state index in [9.17, 15) is 4.39 Å². The summed E-state index contributed by atoms with van der Waals surface area (Å²) in [6.45, 7) is 1.30. The van der Waals surface area contributed by atoms with E-state index in [1.165, 1.54) is 18.3 Å². The molecule has 5 nitrogen and oxygen atoms in total. The van der Waals surface area contributed by atoms with Gasteiger partial charge < -0.3 is 15.4 Å². The van der Waals surface area contributed by atoms with Gasteiger partial charge in [-0.25, -0.2) is 4.39 Å². The van der Waals surface area contributed by atoms with Gasteiger partial charge in [-0.1, -0.05) is 0 Å². The molecule has 104 valence electrons. The molecule has 0 saturated heterocycles. The topological polar surface area (TPSA) is 80.9 Å². The van der Waals surface area contributed by atoms with Gasteiger partial charge in [-0.15, -0.1) is 0 Å². The van der Waals surface area contributed by atoms with Crippen LogP contribution in [0, 0.1) is 28.5 Å². The molecule has 1 aromatic carbocycles. The number of methoxy groups -OCH3 is 1. The predicted octanol–water partition coefficient (Wildman–Crippen LogP) is 2.62. The third-order valence-corrected chi connectivity index (χ3v) is 2.44. The molecule has 0 aromatic heterocycles. The van der Waals surface area contributed by atoms with Crippen molar-refractivity contribution in [3.63, 3.8) is 0 Å². The highest BCUT2D eigenvalue weighted by Crippen LogP contribution is 2.23. The second kappa shape index (κ2) is 8.52. The van der Waals surface area contributed by atoms with Crippen LogP contribution in [0.4, 0.5) is 15.8 Å². The van der Waals surface area contributed by atoms with Crippen LogP contribution in [0.3, 0.4) is 0 Å². The smallest absolute Gasteiger partial charge is 0.145 e. The van der Waals surface area contributed by atoms with Gasteiger partial charge in [-0.2, -0.15) is 10.5 Å². The van der Waals surface area contributed by atoms with Crippen molar-refractivity contribution in [3.8, 4) is 12.1 Å². The molecule has 0 radical (unpaired) electrons. The minimum Gasteiger partial charge on any atom is -0.385 e. The zero-order valence-electron chi connectivity index (χ0n) is 11.1. The van der Waals surface area contributed by atoms with Crippen LogP contribution in [0.5, 0.6) is 0 Å². The van der Waals surface area contributed by atoms with E-state index in [0.29, 0.717) is 24.5 Å². The number of hydrogen-bond acceptors (Lipinski definition) is 5. The molecule has 6 heteroatoms. The van der Waals surface area contributed by atoms with E-state index in [1.54, 1.807) is 25.3 Å². The van der Waals surface area contributed by atoms with Gasteiger partial charge in [0.1, 0.15) is 23.5 Å². The lowest BCUT2D eigenvalue weighted by Gasteiger charge is -2.12. The van der Waals surface area contributed by atoms with Gasteiger partial charge in [0.05, 0.1) is 11.4 Å². The van der Waals surface area contributed by atoms with Crippen molar-refractivity contribution in [1.29, 1.82) is 10.5 Å². The largest absolute Gasteiger partial charge is 0.385 e. The van der Waals surface area contributed by atoms with Crippen LogP contribution in [0.25, 0.3) is 0 Å². The molecule has 0 amide bonds. The first-order chi connectivity index (χ1) is 9.71. The van der Waals surface area contributed by atoms with E-state index in [1.807, 2.05) is 0 Å². The summed E-state index contributed by atoms with van der Waals surface area (Å²) in [7, 11) is 1.63. The minimum atomic E-state index is -0.404. The van der Waals surface area contributed by atoms with Gasteiger partial charge >= 0.3 is 0 Å². The fourth-order valence-corrected chi connectivity index (χ4v) is 1.47. The minimum absolute atomic E-state index is 0.0837. The van der Waals surface area contributed by atoms with Crippen LogP contribution in [0.2, 0.25) is 0 Å². The van der Waals surface area contributed by atoms with Gasteiger partial charge in [-0.3, -0.25) is 0 Å². The lowest BCUT2D eigenvalue weighted by molar-refractivity contribution is 0.198. The van der Waals surface area contributed by atoms with E-state index >= 15 is 0 Å². The molecule has 0 heterocycles. The van der Waals surface area contributed by atoms with Crippen LogP contribution in [-0.4, -0.2) is 20.3 Å². The summed E-state index contributed by atoms with van der Waals surface area (Å²) in [5.74, 6) is -0.404. The molecule has 0 unspecified atom stereocenters. The third-order valence-electron chi connectivity index (χ3n) is 2.44. The van der Waals surface area contributed by atoms with Crippen LogP contribution in [-0.2, 0) is 4.74 Å². The van der Waals surface area contributed by atoms with Gasteiger partial charge in [0.15, 0.2) is 0 Å². The van der Waals surface area contributed by atoms with E-state index < -0.39 is 5.82 Å². The summed E-state index contributed by atoms with van der Waals surface area (Å²) in [6.07, 6.45) is 2.06. The molecule has 1 rings (SSSR count). The molecule has 0 saturated carbocycles. The Hall–Kier alpha value is -2.57. The molecule has 2 N–H and O–H groups in total. The van der Waals surface area contributed by atoms with Gasteiger partial charge in [-0.05, 0) is 24.6 Å². The number of ether oxygens (including phenoxy) is 1. The van der Waals surface area contributed by atoms with E-state index in [4.69, 9.17) is 15.3 Å². The monoisotopic (exact) mass is 274 g/mol. The lowest BCUT2D eigenvalue weighted by Crippen LogP contribution is -2.06. The maximum absolute atomic E-state index is 13.2. The molecule has 0 aliphatic rings. The first-order valence-electron chi connectivity index (χ1n) is 6.00. The number of nitrogens with one attached hydrogen (secondary N) is 2. The summed E-state index contributed by atoms with van der Waals surface area (Å²) in [6, 6.07) is 7.67. The number of nitrogens with zero attached hydrogens (tertiary/aromatic N) is 2. The Kier molecular flexibility index (Phi) is 6.60. The molecular weight excluding hydrogens is 259 g/mol. The predicted molar refractivity (Wildman–Crippen MR) is 74.3 cm³/mol. The maximum atomic E-state index is 13.2. The number of benzene rings is 1. The van der Waals surface area contributed by atoms with Crippen molar-refractivity contribution < 1.29 is 9.13 Å². The molecule has 20 heavy (non-hydrogen) atoms. The van der Waals surface area contributed by atoms with Crippen LogP contribution >= 0.6 is 0 Å². The molecule has 0 aliphatic carbocycles. The van der Waals surface area contributed by atoms with Crippen LogP contribution in [0.1, 0.15) is 6.42 Å². The maximum Gasteiger partial charge on any atom is 0.145 e. The van der Waals surface area contributed by atoms with Crippen molar-refractivity contribution in [3.05, 3.63) is 35.8 Å². The SMILES string of the molecule is COCCCNc1ccc(F)cc1NC=C(C#N)C#N. The zero-order chi connectivity index (χ0) is 14.8. The standard InChI is InChI=1S/C14H15FN4O/c1-20-6-2-5-18-13-4-3-12(15)7-14(13)19-10-11(8-16)9-17/h3-4,7,10,18-19H,2,5-6H2,1H3. The molecule has 0 fully saturated rings. The zero-order valence-corrected chi connectivity index (χ0v) is 11.1. The van der Waals surface area contributed by atoms with Crippen molar-refractivity contribution in [2.45, 2.75) is 6.42 Å². The van der Waals surface area contributed by atoms with Gasteiger partial charge in [0.25, 0.3) is 0 Å². The fourth-order valence-electron chi connectivity index (χ4n) is 1.47. The fraction of sp³-hybridized carbons (Fsp3) is 0.286. The summed E-state index contributed by atoms with van der Waals surface area (Å²) >= 11 is 0. The molecule has 1 aromatic rings. The number of nitriles is 2. The Balaban J connectivity index is 2.78. The average Bonchev–Trinajstić information content (AvgIpc) is 2.46. The van der Waals surface area contributed by atoms with Gasteiger partial charge in [0.2, 0.25) is 0 Å². The first kappa shape index (κ1) is 15.5. The van der Waals surface area contributed by atoms with Crippen molar-refractivity contribution in [2.24, 2.45) is 0 Å². The second-order valence-corrected chi connectivity index (χ2v) is 3.89. The normalized spacial score (nSPS) is 9.20. The molecule has 0 spiro atoms. The number of hydrogen-bond donors (Lipinski definition) is 2. The second-order valence-electron chi connectivity index (χ2n) is 3.89. The van der Waals surface area contributed by atoms with E-state index in [0.717, 1.165) is 6.42 Å². The Morgan fingerprint density at radius 3 is 2.75 bits per heavy atom. The highest BCUT2D eigenvalue weighted by Gasteiger charge is 2.03. The quantitative estimate of drug-likeness (QED) is 0.590. The molecule has 0 bridgehead atoms. The van der Waals surface area contributed by atoms with Crippen molar-refractivity contribution >= 4 is 11.4 Å². The van der Waals surface area contributed by atoms with E-state index in [-0.39, 0.29) is 5.57 Å². The third kappa shape index (κ3) is 4.97. The van der Waals surface area contributed by atoms with Gasteiger partial charge in [0, 0.05) is 26.5 Å². The number of allylic oxidation sites excluding steroid dienone is 1. The van der Waals surface area contributed by atoms with Crippen LogP contribution < -0.4 is 10.6 Å². The highest BCUT2D eigenvalue weighted by molar-refractivity contribution is 5.70.